The average Bonchev–Trinajstić information content (AvgIpc) is 1.84. The van der Waals surface area contributed by atoms with E-state index in [9.17, 15) is 9.59 Å². The highest BCUT2D eigenvalue weighted by Gasteiger charge is 2.08. The van der Waals surface area contributed by atoms with E-state index in [4.69, 9.17) is 29.2 Å². The Hall–Kier alpha value is -7.89. The van der Waals surface area contributed by atoms with Gasteiger partial charge in [-0.2, -0.15) is 0 Å². The average molecular weight is 1230 g/mol. The molecule has 0 atom stereocenters. The third-order valence-electron chi connectivity index (χ3n) is 15.4. The first kappa shape index (κ1) is 73.8. The van der Waals surface area contributed by atoms with Crippen molar-refractivity contribution >= 4 is 0 Å². The summed E-state index contributed by atoms with van der Waals surface area (Å²) in [5.74, 6) is 40.1. The predicted octanol–water partition coefficient (Wildman–Crippen LogP) is 18.8. The van der Waals surface area contributed by atoms with Crippen molar-refractivity contribution in [3.05, 3.63) is 138 Å². The molecular formula is C81H105N5O5. The summed E-state index contributed by atoms with van der Waals surface area (Å²) >= 11 is 0. The molecule has 5 rings (SSSR count). The van der Waals surface area contributed by atoms with E-state index >= 15 is 0 Å². The molecule has 0 bridgehead atoms. The van der Waals surface area contributed by atoms with E-state index in [-0.39, 0.29) is 10.9 Å². The quantitative estimate of drug-likeness (QED) is 0.0293. The van der Waals surface area contributed by atoms with Crippen molar-refractivity contribution < 1.29 is 14.2 Å². The van der Waals surface area contributed by atoms with Gasteiger partial charge in [0, 0.05) is 73.5 Å². The van der Waals surface area contributed by atoms with Crippen LogP contribution in [0.4, 0.5) is 0 Å². The van der Waals surface area contributed by atoms with Crippen LogP contribution in [0.3, 0.4) is 0 Å². The second-order valence-electron chi connectivity index (χ2n) is 23.9. The Morgan fingerprint density at radius 1 is 0.275 bits per heavy atom. The molecule has 10 heteroatoms. The third kappa shape index (κ3) is 34.8. The van der Waals surface area contributed by atoms with Crippen molar-refractivity contribution in [2.45, 2.75) is 266 Å². The number of unbranched alkanes of at least 4 members (excludes halogenated alkanes) is 31. The minimum Gasteiger partial charge on any atom is -0.493 e. The molecule has 0 unspecified atom stereocenters. The first-order chi connectivity index (χ1) is 44.7. The highest BCUT2D eigenvalue weighted by molar-refractivity contribution is 5.49. The molecule has 0 aromatic carbocycles. The van der Waals surface area contributed by atoms with Crippen LogP contribution in [0.5, 0.6) is 17.2 Å². The minimum absolute atomic E-state index is 0.253. The Labute approximate surface area is 548 Å². The number of hydrogen-bond donors (Lipinski definition) is 2. The van der Waals surface area contributed by atoms with Gasteiger partial charge in [0.2, 0.25) is 0 Å². The lowest BCUT2D eigenvalue weighted by atomic mass is 10.1. The second-order valence-corrected chi connectivity index (χ2v) is 23.9. The van der Waals surface area contributed by atoms with E-state index in [1.807, 2.05) is 24.3 Å². The van der Waals surface area contributed by atoms with Crippen LogP contribution in [0.15, 0.2) is 70.3 Å². The van der Waals surface area contributed by atoms with E-state index in [2.05, 4.69) is 116 Å². The van der Waals surface area contributed by atoms with Crippen molar-refractivity contribution in [1.82, 2.24) is 24.9 Å². The summed E-state index contributed by atoms with van der Waals surface area (Å²) in [6.07, 6.45) is 42.4. The molecule has 0 saturated heterocycles. The van der Waals surface area contributed by atoms with E-state index in [0.29, 0.717) is 94.0 Å². The normalized spacial score (nSPS) is 10.4. The van der Waals surface area contributed by atoms with Gasteiger partial charge in [-0.3, -0.25) is 9.59 Å². The monoisotopic (exact) mass is 1230 g/mol. The van der Waals surface area contributed by atoms with Crippen molar-refractivity contribution in [2.75, 3.05) is 19.8 Å². The van der Waals surface area contributed by atoms with Gasteiger partial charge in [0.05, 0.1) is 42.6 Å². The van der Waals surface area contributed by atoms with E-state index in [0.717, 1.165) is 70.6 Å². The molecule has 5 heterocycles. The van der Waals surface area contributed by atoms with Gasteiger partial charge in [-0.15, -0.1) is 0 Å². The number of nitrogens with zero attached hydrogens (tertiary/aromatic N) is 3. The zero-order chi connectivity index (χ0) is 64.5. The smallest absolute Gasteiger partial charge is 0.184 e. The number of pyridine rings is 5. The van der Waals surface area contributed by atoms with Gasteiger partial charge < -0.3 is 24.2 Å². The van der Waals surface area contributed by atoms with Crippen LogP contribution in [-0.2, 0) is 0 Å². The topological polar surface area (TPSA) is 132 Å². The zero-order valence-electron chi connectivity index (χ0n) is 56.2. The Morgan fingerprint density at radius 3 is 0.747 bits per heavy atom. The molecule has 2 N–H and O–H groups in total. The molecule has 10 nitrogen and oxygen atoms in total. The number of rotatable bonds is 40. The van der Waals surface area contributed by atoms with Crippen LogP contribution in [0.1, 0.15) is 323 Å². The van der Waals surface area contributed by atoms with Crippen LogP contribution in [0.2, 0.25) is 0 Å². The maximum atomic E-state index is 13.1. The predicted molar refractivity (Wildman–Crippen MR) is 376 cm³/mol. The largest absolute Gasteiger partial charge is 0.493 e. The van der Waals surface area contributed by atoms with Crippen LogP contribution in [0.25, 0.3) is 0 Å². The first-order valence-electron chi connectivity index (χ1n) is 35.2. The van der Waals surface area contributed by atoms with Crippen molar-refractivity contribution in [3.63, 3.8) is 0 Å². The van der Waals surface area contributed by atoms with Crippen LogP contribution in [-0.4, -0.2) is 44.7 Å². The Balaban J connectivity index is 1.37. The fourth-order valence-electron chi connectivity index (χ4n) is 10.3. The summed E-state index contributed by atoms with van der Waals surface area (Å²) in [4.78, 5) is 47.1. The van der Waals surface area contributed by atoms with Gasteiger partial charge in [0.1, 0.15) is 51.4 Å². The Morgan fingerprint density at radius 2 is 0.495 bits per heavy atom. The fraction of sp³-hybridized carbons (Fsp3) is 0.543. The van der Waals surface area contributed by atoms with E-state index in [1.54, 1.807) is 12.1 Å². The molecule has 0 aliphatic carbocycles. The van der Waals surface area contributed by atoms with E-state index < -0.39 is 0 Å². The molecule has 484 valence electrons. The number of H-pyrrole nitrogens is 2. The molecule has 5 aromatic rings. The van der Waals surface area contributed by atoms with Gasteiger partial charge >= 0.3 is 0 Å². The van der Waals surface area contributed by atoms with Gasteiger partial charge in [0.25, 0.3) is 0 Å². The van der Waals surface area contributed by atoms with Crippen LogP contribution >= 0.6 is 0 Å². The fourth-order valence-corrected chi connectivity index (χ4v) is 10.3. The molecule has 0 aliphatic heterocycles. The lowest BCUT2D eigenvalue weighted by molar-refractivity contribution is 0.303. The van der Waals surface area contributed by atoms with Crippen molar-refractivity contribution in [1.29, 1.82) is 0 Å². The minimum atomic E-state index is -0.253. The number of aromatic nitrogens is 5. The molecule has 0 fully saturated rings. The van der Waals surface area contributed by atoms with Gasteiger partial charge in [-0.1, -0.05) is 233 Å². The molecule has 0 spiro atoms. The summed E-state index contributed by atoms with van der Waals surface area (Å²) in [5.41, 5.74) is 3.95. The standard InChI is InChI=1S/C81H105N5O5/c1-6-11-16-21-26-28-30-32-34-39-44-67-61-79(89-54-41-36-23-18-13-8-3)63-73(82-67)50-46-69-57-77(87)59-71(84-69)48-52-75-65-81(91-56-43-38-25-20-15-10-5)66-76(86-75)53-49-72-60-78(88)58-70(85-72)47-51-74-64-80(90-55-42-37-24-19-14-9-4)62-68(83-74)45-40-35-33-31-29-27-22-17-12-7-2/h57-66H,6-38,41-43,54-56H2,1-5H3,(H,84,87)(H,85,88). The molecular weight excluding hydrogens is 1120 g/mol. The highest BCUT2D eigenvalue weighted by atomic mass is 16.5. The molecule has 0 aliphatic rings. The van der Waals surface area contributed by atoms with Crippen LogP contribution in [0, 0.1) is 71.0 Å². The van der Waals surface area contributed by atoms with Gasteiger partial charge in [-0.05, 0) is 91.3 Å². The molecule has 0 saturated carbocycles. The summed E-state index contributed by atoms with van der Waals surface area (Å²) in [7, 11) is 0. The number of nitrogens with one attached hydrogen (secondary N) is 2. The SMILES string of the molecule is CCCCCCCCCCC#Cc1cc(OCCCCCCCC)cc(C#Cc2cc(=O)cc(C#Cc3cc(OCCCCCCCC)cc(C#Cc4cc(=O)cc(C#Cc5cc(OCCCCCCCC)cc(C#CCCCCCCCCCC)n5)[nH]4)n3)[nH]2)n1. The third-order valence-corrected chi connectivity index (χ3v) is 15.4. The summed E-state index contributed by atoms with van der Waals surface area (Å²) in [6, 6.07) is 16.8. The van der Waals surface area contributed by atoms with Gasteiger partial charge in [0.15, 0.2) is 10.9 Å². The lowest BCUT2D eigenvalue weighted by Gasteiger charge is -2.07. The Bertz CT molecular complexity index is 3220. The van der Waals surface area contributed by atoms with Crippen molar-refractivity contribution in [3.8, 4) is 88.3 Å². The summed E-state index contributed by atoms with van der Waals surface area (Å²) < 4.78 is 18.8. The maximum Gasteiger partial charge on any atom is 0.184 e. The Kier molecular flexibility index (Phi) is 38.9. The van der Waals surface area contributed by atoms with E-state index in [1.165, 1.54) is 185 Å². The number of ether oxygens (including phenoxy) is 3. The maximum absolute atomic E-state index is 13.1. The van der Waals surface area contributed by atoms with Crippen molar-refractivity contribution in [2.24, 2.45) is 0 Å². The lowest BCUT2D eigenvalue weighted by Crippen LogP contribution is -2.03. The zero-order valence-corrected chi connectivity index (χ0v) is 56.2. The molecule has 0 radical (unpaired) electrons. The molecule has 0 amide bonds. The van der Waals surface area contributed by atoms with Gasteiger partial charge in [-0.25, -0.2) is 15.0 Å². The summed E-state index contributed by atoms with van der Waals surface area (Å²) in [6.45, 7) is 12.9. The number of hydrogen-bond acceptors (Lipinski definition) is 8. The first-order valence-corrected chi connectivity index (χ1v) is 35.2. The second kappa shape index (κ2) is 48.0. The summed E-state index contributed by atoms with van der Waals surface area (Å²) in [5, 5.41) is 0. The van der Waals surface area contributed by atoms with Crippen LogP contribution < -0.4 is 25.1 Å². The molecule has 5 aromatic heterocycles. The number of aromatic amines is 2. The highest BCUT2D eigenvalue weighted by Crippen LogP contribution is 2.20. The molecule has 91 heavy (non-hydrogen) atoms.